The van der Waals surface area contributed by atoms with Crippen LogP contribution < -0.4 is 15.4 Å². The Morgan fingerprint density at radius 2 is 1.90 bits per heavy atom. The molecular formula is C16H20N2O2. The molecule has 0 bridgehead atoms. The van der Waals surface area contributed by atoms with Gasteiger partial charge in [-0.1, -0.05) is 18.2 Å². The largest absolute Gasteiger partial charge is 0.497 e. The fourth-order valence-corrected chi connectivity index (χ4v) is 2.07. The Kier molecular flexibility index (Phi) is 4.96. The van der Waals surface area contributed by atoms with E-state index in [9.17, 15) is 4.79 Å². The van der Waals surface area contributed by atoms with Gasteiger partial charge in [-0.3, -0.25) is 4.79 Å². The molecule has 0 saturated heterocycles. The first kappa shape index (κ1) is 14.3. The summed E-state index contributed by atoms with van der Waals surface area (Å²) in [6.07, 6.45) is 0.501. The summed E-state index contributed by atoms with van der Waals surface area (Å²) in [6, 6.07) is 12.4. The SMILES string of the molecule is CNC(=O)CCNCc1ccc2cc(OC)ccc2c1. The average molecular weight is 272 g/mol. The van der Waals surface area contributed by atoms with E-state index in [2.05, 4.69) is 34.9 Å². The zero-order valence-electron chi connectivity index (χ0n) is 11.9. The molecule has 0 radical (unpaired) electrons. The molecule has 2 N–H and O–H groups in total. The van der Waals surface area contributed by atoms with Crippen molar-refractivity contribution in [2.45, 2.75) is 13.0 Å². The number of benzene rings is 2. The minimum Gasteiger partial charge on any atom is -0.497 e. The quantitative estimate of drug-likeness (QED) is 0.792. The smallest absolute Gasteiger partial charge is 0.221 e. The number of carbonyl (C=O) groups is 1. The zero-order chi connectivity index (χ0) is 14.4. The van der Waals surface area contributed by atoms with Crippen LogP contribution in [0, 0.1) is 0 Å². The Bertz CT molecular complexity index is 596. The van der Waals surface area contributed by atoms with Gasteiger partial charge in [-0.05, 0) is 34.5 Å². The van der Waals surface area contributed by atoms with Crippen molar-refractivity contribution in [2.75, 3.05) is 20.7 Å². The lowest BCUT2D eigenvalue weighted by molar-refractivity contribution is -0.120. The normalized spacial score (nSPS) is 10.5. The van der Waals surface area contributed by atoms with Crippen molar-refractivity contribution in [3.8, 4) is 5.75 Å². The molecule has 0 aliphatic carbocycles. The fourth-order valence-electron chi connectivity index (χ4n) is 2.07. The van der Waals surface area contributed by atoms with E-state index in [1.165, 1.54) is 16.3 Å². The molecule has 4 nitrogen and oxygen atoms in total. The van der Waals surface area contributed by atoms with Crippen LogP contribution in [0.4, 0.5) is 0 Å². The summed E-state index contributed by atoms with van der Waals surface area (Å²) in [5.74, 6) is 0.928. The Balaban J connectivity index is 1.96. The van der Waals surface area contributed by atoms with Crippen LogP contribution in [-0.4, -0.2) is 26.6 Å². The molecule has 0 fully saturated rings. The highest BCUT2D eigenvalue weighted by atomic mass is 16.5. The van der Waals surface area contributed by atoms with Gasteiger partial charge in [-0.15, -0.1) is 0 Å². The second kappa shape index (κ2) is 6.91. The molecule has 0 aliphatic heterocycles. The van der Waals surface area contributed by atoms with Gasteiger partial charge in [0.2, 0.25) is 5.91 Å². The van der Waals surface area contributed by atoms with Crippen LogP contribution in [0.25, 0.3) is 10.8 Å². The number of hydrogen-bond acceptors (Lipinski definition) is 3. The van der Waals surface area contributed by atoms with Gasteiger partial charge in [-0.25, -0.2) is 0 Å². The molecule has 0 spiro atoms. The van der Waals surface area contributed by atoms with E-state index in [4.69, 9.17) is 4.74 Å². The van der Waals surface area contributed by atoms with Crippen molar-refractivity contribution in [3.63, 3.8) is 0 Å². The predicted molar refractivity (Wildman–Crippen MR) is 80.9 cm³/mol. The summed E-state index contributed by atoms with van der Waals surface area (Å²) < 4.78 is 5.21. The third kappa shape index (κ3) is 3.71. The van der Waals surface area contributed by atoms with Crippen LogP contribution in [-0.2, 0) is 11.3 Å². The first-order valence-electron chi connectivity index (χ1n) is 6.71. The molecule has 106 valence electrons. The number of methoxy groups -OCH3 is 1. The lowest BCUT2D eigenvalue weighted by atomic mass is 10.1. The van der Waals surface area contributed by atoms with E-state index in [1.807, 2.05) is 12.1 Å². The molecule has 2 aromatic rings. The number of carbonyl (C=O) groups excluding carboxylic acids is 1. The highest BCUT2D eigenvalue weighted by Crippen LogP contribution is 2.21. The molecule has 2 rings (SSSR count). The maximum absolute atomic E-state index is 11.1. The predicted octanol–water partition coefficient (Wildman–Crippen LogP) is 2.07. The molecule has 0 aromatic heterocycles. The second-order valence-electron chi connectivity index (χ2n) is 4.65. The highest BCUT2D eigenvalue weighted by molar-refractivity contribution is 5.84. The maximum atomic E-state index is 11.1. The van der Waals surface area contributed by atoms with Gasteiger partial charge >= 0.3 is 0 Å². The highest BCUT2D eigenvalue weighted by Gasteiger charge is 2.00. The van der Waals surface area contributed by atoms with Crippen molar-refractivity contribution in [2.24, 2.45) is 0 Å². The Morgan fingerprint density at radius 3 is 2.65 bits per heavy atom. The lowest BCUT2D eigenvalue weighted by Crippen LogP contribution is -2.24. The monoisotopic (exact) mass is 272 g/mol. The molecule has 1 amide bonds. The van der Waals surface area contributed by atoms with E-state index < -0.39 is 0 Å². The topological polar surface area (TPSA) is 50.4 Å². The van der Waals surface area contributed by atoms with Crippen LogP contribution in [0.1, 0.15) is 12.0 Å². The molecule has 0 unspecified atom stereocenters. The Morgan fingerprint density at radius 1 is 1.15 bits per heavy atom. The lowest BCUT2D eigenvalue weighted by Gasteiger charge is -2.07. The van der Waals surface area contributed by atoms with Crippen LogP contribution in [0.5, 0.6) is 5.75 Å². The van der Waals surface area contributed by atoms with Gasteiger partial charge in [0.1, 0.15) is 5.75 Å². The number of amides is 1. The average Bonchev–Trinajstić information content (AvgIpc) is 2.50. The molecule has 0 heterocycles. The molecular weight excluding hydrogens is 252 g/mol. The van der Waals surface area contributed by atoms with Crippen molar-refractivity contribution < 1.29 is 9.53 Å². The molecule has 0 saturated carbocycles. The van der Waals surface area contributed by atoms with Gasteiger partial charge in [0.15, 0.2) is 0 Å². The van der Waals surface area contributed by atoms with E-state index in [1.54, 1.807) is 14.2 Å². The first-order chi connectivity index (χ1) is 9.72. The summed E-state index contributed by atoms with van der Waals surface area (Å²) in [5, 5.41) is 8.23. The first-order valence-corrected chi connectivity index (χ1v) is 6.71. The number of rotatable bonds is 6. The van der Waals surface area contributed by atoms with Crippen LogP contribution >= 0.6 is 0 Å². The second-order valence-corrected chi connectivity index (χ2v) is 4.65. The molecule has 2 aromatic carbocycles. The fraction of sp³-hybridized carbons (Fsp3) is 0.312. The maximum Gasteiger partial charge on any atom is 0.221 e. The van der Waals surface area contributed by atoms with Crippen molar-refractivity contribution >= 4 is 16.7 Å². The Labute approximate surface area is 119 Å². The molecule has 0 aliphatic rings. The van der Waals surface area contributed by atoms with Gasteiger partial charge in [0.05, 0.1) is 7.11 Å². The molecule has 20 heavy (non-hydrogen) atoms. The third-order valence-electron chi connectivity index (χ3n) is 3.25. The Hall–Kier alpha value is -2.07. The summed E-state index contributed by atoms with van der Waals surface area (Å²) in [7, 11) is 3.33. The molecule has 0 atom stereocenters. The van der Waals surface area contributed by atoms with Crippen molar-refractivity contribution in [1.29, 1.82) is 0 Å². The van der Waals surface area contributed by atoms with E-state index in [0.29, 0.717) is 13.0 Å². The van der Waals surface area contributed by atoms with Gasteiger partial charge in [-0.2, -0.15) is 0 Å². The minimum atomic E-state index is 0.0584. The van der Waals surface area contributed by atoms with Gasteiger partial charge in [0, 0.05) is 26.6 Å². The standard InChI is InChI=1S/C16H20N2O2/c1-17-16(19)7-8-18-11-12-3-4-14-10-15(20-2)6-5-13(14)9-12/h3-6,9-10,18H,7-8,11H2,1-2H3,(H,17,19). The van der Waals surface area contributed by atoms with E-state index in [-0.39, 0.29) is 5.91 Å². The number of ether oxygens (including phenoxy) is 1. The summed E-state index contributed by atoms with van der Waals surface area (Å²) in [4.78, 5) is 11.1. The minimum absolute atomic E-state index is 0.0584. The number of fused-ring (bicyclic) bond motifs is 1. The summed E-state index contributed by atoms with van der Waals surface area (Å²) in [5.41, 5.74) is 1.21. The van der Waals surface area contributed by atoms with E-state index in [0.717, 1.165) is 12.3 Å². The number of hydrogen-bond donors (Lipinski definition) is 2. The third-order valence-corrected chi connectivity index (χ3v) is 3.25. The van der Waals surface area contributed by atoms with Crippen LogP contribution in [0.2, 0.25) is 0 Å². The van der Waals surface area contributed by atoms with Gasteiger partial charge < -0.3 is 15.4 Å². The summed E-state index contributed by atoms with van der Waals surface area (Å²) in [6.45, 7) is 1.44. The van der Waals surface area contributed by atoms with Crippen LogP contribution in [0.15, 0.2) is 36.4 Å². The van der Waals surface area contributed by atoms with Crippen molar-refractivity contribution in [1.82, 2.24) is 10.6 Å². The van der Waals surface area contributed by atoms with Gasteiger partial charge in [0.25, 0.3) is 0 Å². The number of nitrogens with one attached hydrogen (secondary N) is 2. The van der Waals surface area contributed by atoms with Crippen LogP contribution in [0.3, 0.4) is 0 Å². The zero-order valence-corrected chi connectivity index (χ0v) is 11.9. The summed E-state index contributed by atoms with van der Waals surface area (Å²) >= 11 is 0. The van der Waals surface area contributed by atoms with E-state index >= 15 is 0 Å². The molecule has 4 heteroatoms. The van der Waals surface area contributed by atoms with Crippen molar-refractivity contribution in [3.05, 3.63) is 42.0 Å².